The van der Waals surface area contributed by atoms with Crippen LogP contribution in [0.25, 0.3) is 0 Å². The lowest BCUT2D eigenvalue weighted by Gasteiger charge is -2.18. The molecule has 2 aromatic rings. The summed E-state index contributed by atoms with van der Waals surface area (Å²) in [6.07, 6.45) is 0. The zero-order valence-electron chi connectivity index (χ0n) is 16.7. The zero-order valence-corrected chi connectivity index (χ0v) is 17.5. The number of carbonyl (C=O) groups is 2. The Bertz CT molecular complexity index is 971. The second kappa shape index (κ2) is 8.67. The molecule has 0 saturated heterocycles. The lowest BCUT2D eigenvalue weighted by Crippen LogP contribution is -2.40. The van der Waals surface area contributed by atoms with Crippen molar-refractivity contribution in [2.45, 2.75) is 45.6 Å². The number of hydrogen-bond donors (Lipinski definition) is 1. The SMILES string of the molecule is Cc1cc(C)c(C)c(S(=O)(=O)N[C@@H](C)C(=O)OCC(=O)c2ccccc2)c1C. The number of aryl methyl sites for hydroxylation is 2. The summed E-state index contributed by atoms with van der Waals surface area (Å²) in [6, 6.07) is 9.23. The fourth-order valence-electron chi connectivity index (χ4n) is 2.89. The van der Waals surface area contributed by atoms with Gasteiger partial charge >= 0.3 is 5.97 Å². The first-order valence-corrected chi connectivity index (χ1v) is 10.4. The van der Waals surface area contributed by atoms with Gasteiger partial charge in [-0.3, -0.25) is 9.59 Å². The third-order valence-electron chi connectivity index (χ3n) is 4.69. The number of sulfonamides is 1. The molecule has 28 heavy (non-hydrogen) atoms. The van der Waals surface area contributed by atoms with Crippen LogP contribution >= 0.6 is 0 Å². The summed E-state index contributed by atoms with van der Waals surface area (Å²) in [4.78, 5) is 24.4. The van der Waals surface area contributed by atoms with Crippen LogP contribution in [0.1, 0.15) is 39.5 Å². The Morgan fingerprint density at radius 2 is 1.54 bits per heavy atom. The molecule has 0 aliphatic rings. The number of ketones is 1. The molecule has 0 spiro atoms. The van der Waals surface area contributed by atoms with Crippen molar-refractivity contribution in [3.8, 4) is 0 Å². The molecule has 0 heterocycles. The van der Waals surface area contributed by atoms with Gasteiger partial charge in [0.15, 0.2) is 12.4 Å². The van der Waals surface area contributed by atoms with E-state index in [1.807, 2.05) is 19.9 Å². The van der Waals surface area contributed by atoms with Gasteiger partial charge in [0.2, 0.25) is 10.0 Å². The Morgan fingerprint density at radius 3 is 2.07 bits per heavy atom. The summed E-state index contributed by atoms with van der Waals surface area (Å²) in [6.45, 7) is 8.09. The predicted octanol–water partition coefficient (Wildman–Crippen LogP) is 3.01. The number of hydrogen-bond acceptors (Lipinski definition) is 5. The molecule has 0 aromatic heterocycles. The molecule has 0 fully saturated rings. The van der Waals surface area contributed by atoms with Crippen molar-refractivity contribution in [1.29, 1.82) is 0 Å². The van der Waals surface area contributed by atoms with E-state index in [1.54, 1.807) is 44.2 Å². The molecule has 0 aliphatic carbocycles. The molecular weight excluding hydrogens is 378 g/mol. The summed E-state index contributed by atoms with van der Waals surface area (Å²) in [7, 11) is -3.94. The monoisotopic (exact) mass is 403 g/mol. The lowest BCUT2D eigenvalue weighted by molar-refractivity contribution is -0.144. The third-order valence-corrected chi connectivity index (χ3v) is 6.51. The standard InChI is InChI=1S/C21H25NO5S/c1-13-11-14(2)16(4)20(15(13)3)28(25,26)22-17(5)21(24)27-12-19(23)18-9-7-6-8-10-18/h6-11,17,22H,12H2,1-5H3/t17-/m0/s1. The van der Waals surface area contributed by atoms with Crippen LogP contribution in [0.15, 0.2) is 41.3 Å². The van der Waals surface area contributed by atoms with E-state index in [1.165, 1.54) is 6.92 Å². The Labute approximate surface area is 166 Å². The molecular formula is C21H25NO5S. The molecule has 7 heteroatoms. The van der Waals surface area contributed by atoms with E-state index >= 15 is 0 Å². The topological polar surface area (TPSA) is 89.5 Å². The summed E-state index contributed by atoms with van der Waals surface area (Å²) in [5.74, 6) is -1.17. The van der Waals surface area contributed by atoms with Crippen LogP contribution in [0.5, 0.6) is 0 Å². The molecule has 1 atom stereocenters. The van der Waals surface area contributed by atoms with Gasteiger partial charge in [-0.15, -0.1) is 0 Å². The average molecular weight is 404 g/mol. The quantitative estimate of drug-likeness (QED) is 0.567. The minimum atomic E-state index is -3.94. The number of esters is 1. The van der Waals surface area contributed by atoms with E-state index in [4.69, 9.17) is 4.74 Å². The average Bonchev–Trinajstić information content (AvgIpc) is 2.64. The lowest BCUT2D eigenvalue weighted by atomic mass is 10.0. The van der Waals surface area contributed by atoms with E-state index in [0.717, 1.165) is 11.1 Å². The van der Waals surface area contributed by atoms with E-state index in [-0.39, 0.29) is 10.7 Å². The highest BCUT2D eigenvalue weighted by molar-refractivity contribution is 7.89. The van der Waals surface area contributed by atoms with Crippen molar-refractivity contribution in [1.82, 2.24) is 4.72 Å². The Balaban J connectivity index is 2.10. The van der Waals surface area contributed by atoms with Crippen LogP contribution in [0.3, 0.4) is 0 Å². The molecule has 0 unspecified atom stereocenters. The number of benzene rings is 2. The fraction of sp³-hybridized carbons (Fsp3) is 0.333. The van der Waals surface area contributed by atoms with Gasteiger partial charge in [0.1, 0.15) is 6.04 Å². The maximum absolute atomic E-state index is 12.9. The van der Waals surface area contributed by atoms with Crippen LogP contribution < -0.4 is 4.72 Å². The van der Waals surface area contributed by atoms with Gasteiger partial charge in [0.25, 0.3) is 0 Å². The highest BCUT2D eigenvalue weighted by atomic mass is 32.2. The van der Waals surface area contributed by atoms with Gasteiger partial charge in [0, 0.05) is 5.56 Å². The van der Waals surface area contributed by atoms with Gasteiger partial charge in [-0.05, 0) is 56.9 Å². The number of ether oxygens (including phenoxy) is 1. The first-order chi connectivity index (χ1) is 13.0. The van der Waals surface area contributed by atoms with E-state index < -0.39 is 28.6 Å². The smallest absolute Gasteiger partial charge is 0.324 e. The van der Waals surface area contributed by atoms with Crippen molar-refractivity contribution in [2.24, 2.45) is 0 Å². The van der Waals surface area contributed by atoms with Crippen LogP contribution in [0, 0.1) is 27.7 Å². The van der Waals surface area contributed by atoms with E-state index in [2.05, 4.69) is 4.72 Å². The molecule has 0 amide bonds. The molecule has 2 rings (SSSR count). The Hall–Kier alpha value is -2.51. The summed E-state index contributed by atoms with van der Waals surface area (Å²) >= 11 is 0. The van der Waals surface area contributed by atoms with Gasteiger partial charge in [-0.25, -0.2) is 8.42 Å². The van der Waals surface area contributed by atoms with Crippen LogP contribution in [-0.4, -0.2) is 32.8 Å². The highest BCUT2D eigenvalue weighted by Crippen LogP contribution is 2.26. The van der Waals surface area contributed by atoms with Gasteiger partial charge in [0.05, 0.1) is 4.90 Å². The zero-order chi connectivity index (χ0) is 21.1. The van der Waals surface area contributed by atoms with Gasteiger partial charge < -0.3 is 4.74 Å². The minimum Gasteiger partial charge on any atom is -0.456 e. The normalized spacial score (nSPS) is 12.5. The third kappa shape index (κ3) is 4.85. The molecule has 150 valence electrons. The molecule has 0 radical (unpaired) electrons. The van der Waals surface area contributed by atoms with Crippen molar-refractivity contribution in [2.75, 3.05) is 6.61 Å². The fourth-order valence-corrected chi connectivity index (χ4v) is 4.70. The largest absolute Gasteiger partial charge is 0.456 e. The van der Waals surface area contributed by atoms with Crippen LogP contribution in [0.2, 0.25) is 0 Å². The molecule has 6 nitrogen and oxygen atoms in total. The second-order valence-electron chi connectivity index (χ2n) is 6.83. The molecule has 0 bridgehead atoms. The Kier molecular flexibility index (Phi) is 6.74. The van der Waals surface area contributed by atoms with Crippen molar-refractivity contribution in [3.05, 3.63) is 64.2 Å². The predicted molar refractivity (Wildman–Crippen MR) is 107 cm³/mol. The summed E-state index contributed by atoms with van der Waals surface area (Å²) in [5, 5.41) is 0. The number of rotatable bonds is 7. The van der Waals surface area contributed by atoms with Crippen LogP contribution in [-0.2, 0) is 19.6 Å². The Morgan fingerprint density at radius 1 is 1.00 bits per heavy atom. The molecule has 2 aromatic carbocycles. The number of Topliss-reactive ketones (excluding diaryl/α,β-unsaturated/α-hetero) is 1. The molecule has 0 aliphatic heterocycles. The van der Waals surface area contributed by atoms with Crippen molar-refractivity contribution >= 4 is 21.8 Å². The first-order valence-electron chi connectivity index (χ1n) is 8.89. The van der Waals surface area contributed by atoms with Gasteiger partial charge in [-0.2, -0.15) is 4.72 Å². The summed E-state index contributed by atoms with van der Waals surface area (Å²) < 4.78 is 33.1. The number of carbonyl (C=O) groups excluding carboxylic acids is 2. The summed E-state index contributed by atoms with van der Waals surface area (Å²) in [5.41, 5.74) is 3.40. The van der Waals surface area contributed by atoms with Crippen LogP contribution in [0.4, 0.5) is 0 Å². The van der Waals surface area contributed by atoms with Gasteiger partial charge in [-0.1, -0.05) is 36.4 Å². The maximum atomic E-state index is 12.9. The first kappa shape index (κ1) is 21.8. The highest BCUT2D eigenvalue weighted by Gasteiger charge is 2.27. The van der Waals surface area contributed by atoms with E-state index in [9.17, 15) is 18.0 Å². The molecule has 1 N–H and O–H groups in total. The minimum absolute atomic E-state index is 0.171. The maximum Gasteiger partial charge on any atom is 0.324 e. The second-order valence-corrected chi connectivity index (χ2v) is 8.48. The molecule has 0 saturated carbocycles. The van der Waals surface area contributed by atoms with Crippen molar-refractivity contribution < 1.29 is 22.7 Å². The van der Waals surface area contributed by atoms with E-state index in [0.29, 0.717) is 16.7 Å². The van der Waals surface area contributed by atoms with Crippen molar-refractivity contribution in [3.63, 3.8) is 0 Å². The number of nitrogens with one attached hydrogen (secondary N) is 1.